The Bertz CT molecular complexity index is 696. The molecule has 1 aromatic carbocycles. The van der Waals surface area contributed by atoms with Crippen LogP contribution in [-0.4, -0.2) is 50.6 Å². The van der Waals surface area contributed by atoms with Gasteiger partial charge in [0, 0.05) is 25.0 Å². The minimum Gasteiger partial charge on any atom is -0.493 e. The summed E-state index contributed by atoms with van der Waals surface area (Å²) in [4.78, 5) is 12.6. The molecule has 0 radical (unpaired) electrons. The molecule has 2 heterocycles. The molecule has 0 bridgehead atoms. The zero-order chi connectivity index (χ0) is 17.2. The van der Waals surface area contributed by atoms with Gasteiger partial charge in [0.15, 0.2) is 0 Å². The summed E-state index contributed by atoms with van der Waals surface area (Å²) in [5.74, 6) is 0.823. The number of ether oxygens (including phenoxy) is 1. The Balaban J connectivity index is 1.56. The molecule has 1 atom stereocenters. The van der Waals surface area contributed by atoms with Gasteiger partial charge in [-0.05, 0) is 37.3 Å². The van der Waals surface area contributed by atoms with Crippen LogP contribution in [-0.2, 0) is 21.2 Å². The van der Waals surface area contributed by atoms with Gasteiger partial charge >= 0.3 is 0 Å². The van der Waals surface area contributed by atoms with Gasteiger partial charge in [-0.1, -0.05) is 18.2 Å². The number of rotatable bonds is 3. The number of piperidine rings is 1. The largest absolute Gasteiger partial charge is 0.493 e. The Morgan fingerprint density at radius 2 is 1.92 bits per heavy atom. The lowest BCUT2D eigenvalue weighted by molar-refractivity contribution is -0.126. The summed E-state index contributed by atoms with van der Waals surface area (Å²) in [7, 11) is -3.13. The first-order valence-corrected chi connectivity index (χ1v) is 10.2. The number of nitrogens with one attached hydrogen (secondary N) is 1. The van der Waals surface area contributed by atoms with Crippen molar-refractivity contribution in [2.24, 2.45) is 5.92 Å². The molecular formula is C17H24N2O4S. The van der Waals surface area contributed by atoms with Gasteiger partial charge in [-0.25, -0.2) is 12.7 Å². The van der Waals surface area contributed by atoms with E-state index in [1.807, 2.05) is 24.3 Å². The number of benzene rings is 1. The number of para-hydroxylation sites is 1. The third kappa shape index (κ3) is 4.08. The normalized spacial score (nSPS) is 23.0. The van der Waals surface area contributed by atoms with E-state index in [0.717, 1.165) is 11.3 Å². The van der Waals surface area contributed by atoms with Gasteiger partial charge in [0.05, 0.1) is 12.9 Å². The molecular weight excluding hydrogens is 328 g/mol. The second-order valence-electron chi connectivity index (χ2n) is 6.59. The SMILES string of the molecule is CS(=O)(=O)N1CCC(NC(=O)[C@@H]2CCOc3ccccc3C2)CC1. The number of carbonyl (C=O) groups excluding carboxylic acids is 1. The maximum absolute atomic E-state index is 12.6. The molecule has 7 heteroatoms. The van der Waals surface area contributed by atoms with E-state index in [1.165, 1.54) is 10.6 Å². The first kappa shape index (κ1) is 17.2. The highest BCUT2D eigenvalue weighted by molar-refractivity contribution is 7.88. The first-order chi connectivity index (χ1) is 11.4. The number of carbonyl (C=O) groups is 1. The Morgan fingerprint density at radius 1 is 1.21 bits per heavy atom. The van der Waals surface area contributed by atoms with Crippen LogP contribution in [0.3, 0.4) is 0 Å². The van der Waals surface area contributed by atoms with Gasteiger partial charge in [0.1, 0.15) is 5.75 Å². The van der Waals surface area contributed by atoms with E-state index in [4.69, 9.17) is 4.74 Å². The van der Waals surface area contributed by atoms with Crippen molar-refractivity contribution in [3.8, 4) is 5.75 Å². The van der Waals surface area contributed by atoms with Crippen molar-refractivity contribution in [3.63, 3.8) is 0 Å². The highest BCUT2D eigenvalue weighted by atomic mass is 32.2. The van der Waals surface area contributed by atoms with Gasteiger partial charge < -0.3 is 10.1 Å². The zero-order valence-electron chi connectivity index (χ0n) is 13.9. The lowest BCUT2D eigenvalue weighted by Crippen LogP contribution is -2.47. The number of hydrogen-bond acceptors (Lipinski definition) is 4. The Kier molecular flexibility index (Phi) is 5.10. The number of nitrogens with zero attached hydrogens (tertiary/aromatic N) is 1. The Hall–Kier alpha value is -1.60. The standard InChI is InChI=1S/C17H24N2O4S/c1-24(21,22)19-9-6-15(7-10-19)18-17(20)14-8-11-23-16-5-3-2-4-13(16)12-14/h2-5,14-15H,6-12H2,1H3,(H,18,20)/t14-/m1/s1. The van der Waals surface area contributed by atoms with E-state index >= 15 is 0 Å². The van der Waals surface area contributed by atoms with Gasteiger partial charge in [0.25, 0.3) is 0 Å². The fraction of sp³-hybridized carbons (Fsp3) is 0.588. The molecule has 0 aliphatic carbocycles. The van der Waals surface area contributed by atoms with Crippen LogP contribution in [0.5, 0.6) is 5.75 Å². The number of amides is 1. The third-order valence-corrected chi connectivity index (χ3v) is 6.11. The van der Waals surface area contributed by atoms with Gasteiger partial charge in [-0.15, -0.1) is 0 Å². The minimum absolute atomic E-state index is 0.0492. The van der Waals surface area contributed by atoms with E-state index in [9.17, 15) is 13.2 Å². The second-order valence-corrected chi connectivity index (χ2v) is 8.57. The Labute approximate surface area is 143 Å². The summed E-state index contributed by atoms with van der Waals surface area (Å²) in [6.45, 7) is 1.49. The van der Waals surface area contributed by atoms with Crippen molar-refractivity contribution in [1.82, 2.24) is 9.62 Å². The summed E-state index contributed by atoms with van der Waals surface area (Å²) in [5.41, 5.74) is 1.07. The molecule has 1 saturated heterocycles. The van der Waals surface area contributed by atoms with Crippen LogP contribution in [0, 0.1) is 5.92 Å². The van der Waals surface area contributed by atoms with E-state index in [-0.39, 0.29) is 17.9 Å². The van der Waals surface area contributed by atoms with Gasteiger partial charge in [0.2, 0.25) is 15.9 Å². The smallest absolute Gasteiger partial charge is 0.223 e. The topological polar surface area (TPSA) is 75.7 Å². The number of hydrogen-bond donors (Lipinski definition) is 1. The van der Waals surface area contributed by atoms with Crippen molar-refractivity contribution >= 4 is 15.9 Å². The fourth-order valence-corrected chi connectivity index (χ4v) is 4.24. The van der Waals surface area contributed by atoms with Gasteiger partial charge in [-0.3, -0.25) is 4.79 Å². The summed E-state index contributed by atoms with van der Waals surface area (Å²) in [5, 5.41) is 3.10. The predicted octanol–water partition coefficient (Wildman–Crippen LogP) is 1.17. The van der Waals surface area contributed by atoms with E-state index in [0.29, 0.717) is 45.4 Å². The fourth-order valence-electron chi connectivity index (χ4n) is 3.37. The van der Waals surface area contributed by atoms with Crippen LogP contribution in [0.25, 0.3) is 0 Å². The minimum atomic E-state index is -3.13. The van der Waals surface area contributed by atoms with Crippen molar-refractivity contribution in [2.45, 2.75) is 31.7 Å². The van der Waals surface area contributed by atoms with Crippen molar-refractivity contribution in [3.05, 3.63) is 29.8 Å². The van der Waals surface area contributed by atoms with Crippen molar-refractivity contribution in [2.75, 3.05) is 26.0 Å². The van der Waals surface area contributed by atoms with Crippen molar-refractivity contribution in [1.29, 1.82) is 0 Å². The van der Waals surface area contributed by atoms with Crippen LogP contribution >= 0.6 is 0 Å². The molecule has 2 aliphatic heterocycles. The predicted molar refractivity (Wildman–Crippen MR) is 91.3 cm³/mol. The van der Waals surface area contributed by atoms with Crippen LogP contribution < -0.4 is 10.1 Å². The average Bonchev–Trinajstić information content (AvgIpc) is 2.77. The van der Waals surface area contributed by atoms with E-state index in [2.05, 4.69) is 5.32 Å². The quantitative estimate of drug-likeness (QED) is 0.886. The first-order valence-electron chi connectivity index (χ1n) is 8.39. The third-order valence-electron chi connectivity index (χ3n) is 4.80. The second kappa shape index (κ2) is 7.11. The molecule has 0 aromatic heterocycles. The summed E-state index contributed by atoms with van der Waals surface area (Å²) < 4.78 is 30.3. The highest BCUT2D eigenvalue weighted by Crippen LogP contribution is 2.27. The van der Waals surface area contributed by atoms with E-state index in [1.54, 1.807) is 0 Å². The monoisotopic (exact) mass is 352 g/mol. The maximum atomic E-state index is 12.6. The van der Waals surface area contributed by atoms with Crippen LogP contribution in [0.4, 0.5) is 0 Å². The number of fused-ring (bicyclic) bond motifs is 1. The molecule has 0 spiro atoms. The van der Waals surface area contributed by atoms with Crippen LogP contribution in [0.15, 0.2) is 24.3 Å². The van der Waals surface area contributed by atoms with Crippen molar-refractivity contribution < 1.29 is 17.9 Å². The lowest BCUT2D eigenvalue weighted by atomic mass is 9.95. The molecule has 1 aromatic rings. The molecule has 1 amide bonds. The Morgan fingerprint density at radius 3 is 2.62 bits per heavy atom. The molecule has 1 N–H and O–H groups in total. The molecule has 0 unspecified atom stereocenters. The maximum Gasteiger partial charge on any atom is 0.223 e. The molecule has 0 saturated carbocycles. The molecule has 132 valence electrons. The lowest BCUT2D eigenvalue weighted by Gasteiger charge is -2.31. The highest BCUT2D eigenvalue weighted by Gasteiger charge is 2.29. The zero-order valence-corrected chi connectivity index (χ0v) is 14.7. The van der Waals surface area contributed by atoms with Gasteiger partial charge in [-0.2, -0.15) is 0 Å². The molecule has 3 rings (SSSR count). The summed E-state index contributed by atoms with van der Waals surface area (Å²) >= 11 is 0. The van der Waals surface area contributed by atoms with Crippen LogP contribution in [0.2, 0.25) is 0 Å². The molecule has 1 fully saturated rings. The van der Waals surface area contributed by atoms with Crippen LogP contribution in [0.1, 0.15) is 24.8 Å². The molecule has 24 heavy (non-hydrogen) atoms. The summed E-state index contributed by atoms with van der Waals surface area (Å²) in [6, 6.07) is 7.90. The molecule has 2 aliphatic rings. The summed E-state index contributed by atoms with van der Waals surface area (Å²) in [6.07, 6.45) is 3.94. The average molecular weight is 352 g/mol. The van der Waals surface area contributed by atoms with E-state index < -0.39 is 10.0 Å². The number of sulfonamides is 1. The molecule has 6 nitrogen and oxygen atoms in total.